The van der Waals surface area contributed by atoms with Crippen molar-refractivity contribution in [2.75, 3.05) is 0 Å². The van der Waals surface area contributed by atoms with Crippen molar-refractivity contribution in [2.45, 2.75) is 63.1 Å². The van der Waals surface area contributed by atoms with Crippen molar-refractivity contribution in [3.8, 4) is 22.5 Å². The second-order valence-corrected chi connectivity index (χ2v) is 11.3. The molecule has 2 aliphatic rings. The molecule has 2 fully saturated rings. The first-order chi connectivity index (χ1) is 20.0. The Bertz CT molecular complexity index is 1500. The van der Waals surface area contributed by atoms with Gasteiger partial charge in [-0.1, -0.05) is 46.7 Å². The SMILES string of the molecule is O=[PH](OCc1c(-c2ccccc2C(F)(F)F)noc1C1CC1)OCc1c(-c2ccccc2C(F)(F)F)noc1C1CC1. The highest BCUT2D eigenvalue weighted by Gasteiger charge is 2.39. The minimum atomic E-state index is -4.65. The normalized spacial score (nSPS) is 16.0. The van der Waals surface area contributed by atoms with Crippen LogP contribution in [0.4, 0.5) is 26.3 Å². The Balaban J connectivity index is 1.23. The average molecular weight is 612 g/mol. The second-order valence-electron chi connectivity index (χ2n) is 10.2. The highest BCUT2D eigenvalue weighted by Crippen LogP contribution is 2.48. The number of rotatable bonds is 10. The molecule has 2 saturated carbocycles. The van der Waals surface area contributed by atoms with Gasteiger partial charge in [-0.05, 0) is 37.8 Å². The summed E-state index contributed by atoms with van der Waals surface area (Å²) in [5, 5.41) is 7.80. The van der Waals surface area contributed by atoms with E-state index in [2.05, 4.69) is 10.3 Å². The Morgan fingerprint density at radius 2 is 1.07 bits per heavy atom. The molecule has 0 bridgehead atoms. The lowest BCUT2D eigenvalue weighted by Crippen LogP contribution is -2.08. The van der Waals surface area contributed by atoms with Gasteiger partial charge in [0.05, 0.1) is 24.3 Å². The van der Waals surface area contributed by atoms with Crippen molar-refractivity contribution in [2.24, 2.45) is 0 Å². The maximum atomic E-state index is 13.7. The van der Waals surface area contributed by atoms with Crippen molar-refractivity contribution < 1.29 is 49.0 Å². The Kier molecular flexibility index (Phi) is 7.53. The van der Waals surface area contributed by atoms with Crippen LogP contribution >= 0.6 is 8.25 Å². The van der Waals surface area contributed by atoms with Crippen molar-refractivity contribution in [3.63, 3.8) is 0 Å². The molecule has 2 aromatic carbocycles. The summed E-state index contributed by atoms with van der Waals surface area (Å²) >= 11 is 0. The van der Waals surface area contributed by atoms with Crippen LogP contribution in [0, 0.1) is 0 Å². The van der Waals surface area contributed by atoms with Gasteiger partial charge in [0.1, 0.15) is 22.9 Å². The monoisotopic (exact) mass is 612 g/mol. The third-order valence-electron chi connectivity index (χ3n) is 7.18. The fourth-order valence-corrected chi connectivity index (χ4v) is 5.46. The lowest BCUT2D eigenvalue weighted by Gasteiger charge is -2.13. The van der Waals surface area contributed by atoms with E-state index in [4.69, 9.17) is 18.1 Å². The summed E-state index contributed by atoms with van der Waals surface area (Å²) in [6.07, 6.45) is -6.27. The Morgan fingerprint density at radius 1 is 0.690 bits per heavy atom. The van der Waals surface area contributed by atoms with E-state index in [1.54, 1.807) is 0 Å². The van der Waals surface area contributed by atoms with E-state index >= 15 is 0 Å². The molecular formula is C28H23F6N2O5P. The standard InChI is InChI=1S/C28H23F6N2O5P/c29-27(30,31)21-7-3-1-5-17(21)23-19(25(40-35-23)15-9-10-15)13-38-42(37)39-14-20-24(36-41-26(20)16-11-12-16)18-6-2-4-8-22(18)28(32,33)34/h1-8,15-16,42H,9-14H2. The number of alkyl halides is 6. The maximum absolute atomic E-state index is 13.7. The lowest BCUT2D eigenvalue weighted by molar-refractivity contribution is -0.137. The molecule has 0 saturated heterocycles. The van der Waals surface area contributed by atoms with E-state index in [1.165, 1.54) is 36.4 Å². The molecule has 0 spiro atoms. The zero-order valence-corrected chi connectivity index (χ0v) is 22.7. The number of halogens is 6. The summed E-state index contributed by atoms with van der Waals surface area (Å²) in [7, 11) is -3.29. The van der Waals surface area contributed by atoms with Crippen LogP contribution in [0.5, 0.6) is 0 Å². The van der Waals surface area contributed by atoms with E-state index in [0.717, 1.165) is 37.8 Å². The summed E-state index contributed by atoms with van der Waals surface area (Å²) in [6.45, 7) is -0.810. The van der Waals surface area contributed by atoms with Crippen LogP contribution in [0.3, 0.4) is 0 Å². The third-order valence-corrected chi connectivity index (χ3v) is 7.94. The predicted molar refractivity (Wildman–Crippen MR) is 136 cm³/mol. The van der Waals surface area contributed by atoms with E-state index in [1.807, 2.05) is 0 Å². The Hall–Kier alpha value is -3.41. The lowest BCUT2D eigenvalue weighted by atomic mass is 9.99. The summed E-state index contributed by atoms with van der Waals surface area (Å²) in [5.74, 6) is 0.636. The Morgan fingerprint density at radius 3 is 1.43 bits per heavy atom. The van der Waals surface area contributed by atoms with Crippen LogP contribution in [0.1, 0.15) is 71.3 Å². The van der Waals surface area contributed by atoms with Gasteiger partial charge in [0, 0.05) is 34.1 Å². The fraction of sp³-hybridized carbons (Fsp3) is 0.357. The zero-order chi connectivity index (χ0) is 29.6. The first kappa shape index (κ1) is 28.7. The van der Waals surface area contributed by atoms with Gasteiger partial charge in [0.25, 0.3) is 0 Å². The molecule has 0 N–H and O–H groups in total. The molecule has 2 aliphatic carbocycles. The van der Waals surface area contributed by atoms with Crippen LogP contribution in [0.15, 0.2) is 57.6 Å². The smallest absolute Gasteiger partial charge is 0.360 e. The molecule has 42 heavy (non-hydrogen) atoms. The molecule has 0 amide bonds. The second kappa shape index (κ2) is 11.0. The van der Waals surface area contributed by atoms with Gasteiger partial charge in [0.15, 0.2) is 0 Å². The molecule has 7 nitrogen and oxygen atoms in total. The molecule has 0 aliphatic heterocycles. The number of benzene rings is 2. The largest absolute Gasteiger partial charge is 0.417 e. The number of hydrogen-bond donors (Lipinski definition) is 0. The van der Waals surface area contributed by atoms with Crippen LogP contribution < -0.4 is 0 Å². The number of aromatic nitrogens is 2. The molecule has 0 atom stereocenters. The molecule has 2 aromatic heterocycles. The van der Waals surface area contributed by atoms with Crippen LogP contribution in [-0.4, -0.2) is 10.3 Å². The predicted octanol–water partition coefficient (Wildman–Crippen LogP) is 8.91. The Labute approximate surface area is 235 Å². The molecule has 0 unspecified atom stereocenters. The van der Waals surface area contributed by atoms with Gasteiger partial charge in [-0.3, -0.25) is 4.57 Å². The van der Waals surface area contributed by atoms with Crippen molar-refractivity contribution in [1.82, 2.24) is 10.3 Å². The molecular weight excluding hydrogens is 589 g/mol. The minimum Gasteiger partial charge on any atom is -0.360 e. The third kappa shape index (κ3) is 5.91. The van der Waals surface area contributed by atoms with E-state index < -0.39 is 44.9 Å². The van der Waals surface area contributed by atoms with Crippen LogP contribution in [0.25, 0.3) is 22.5 Å². The van der Waals surface area contributed by atoms with Gasteiger partial charge in [-0.25, -0.2) is 0 Å². The van der Waals surface area contributed by atoms with Crippen molar-refractivity contribution >= 4 is 8.25 Å². The summed E-state index contributed by atoms with van der Waals surface area (Å²) in [4.78, 5) is 0. The zero-order valence-electron chi connectivity index (χ0n) is 21.7. The highest BCUT2D eigenvalue weighted by molar-refractivity contribution is 7.33. The van der Waals surface area contributed by atoms with Gasteiger partial charge in [-0.15, -0.1) is 0 Å². The van der Waals surface area contributed by atoms with Crippen LogP contribution in [-0.2, 0) is 39.2 Å². The molecule has 6 rings (SSSR count). The summed E-state index contributed by atoms with van der Waals surface area (Å²) in [6, 6.07) is 9.82. The molecule has 14 heteroatoms. The quantitative estimate of drug-likeness (QED) is 0.131. The number of nitrogens with zero attached hydrogens (tertiary/aromatic N) is 2. The molecule has 2 heterocycles. The number of hydrogen-bond acceptors (Lipinski definition) is 7. The molecule has 0 radical (unpaired) electrons. The van der Waals surface area contributed by atoms with Crippen molar-refractivity contribution in [3.05, 3.63) is 82.3 Å². The van der Waals surface area contributed by atoms with Crippen molar-refractivity contribution in [1.29, 1.82) is 0 Å². The van der Waals surface area contributed by atoms with Gasteiger partial charge >= 0.3 is 20.6 Å². The van der Waals surface area contributed by atoms with Gasteiger partial charge in [-0.2, -0.15) is 26.3 Å². The summed E-state index contributed by atoms with van der Waals surface area (Å²) < 4.78 is 117. The first-order valence-electron chi connectivity index (χ1n) is 13.1. The highest BCUT2D eigenvalue weighted by atomic mass is 31.1. The van der Waals surface area contributed by atoms with E-state index in [0.29, 0.717) is 11.5 Å². The topological polar surface area (TPSA) is 87.6 Å². The first-order valence-corrected chi connectivity index (χ1v) is 14.3. The van der Waals surface area contributed by atoms with Gasteiger partial charge < -0.3 is 18.1 Å². The molecule has 222 valence electrons. The van der Waals surface area contributed by atoms with Crippen LogP contribution in [0.2, 0.25) is 0 Å². The van der Waals surface area contributed by atoms with E-state index in [-0.39, 0.29) is 45.5 Å². The minimum absolute atomic E-state index is 0.0412. The molecule has 4 aromatic rings. The summed E-state index contributed by atoms with van der Waals surface area (Å²) in [5.41, 5.74) is -1.88. The average Bonchev–Trinajstić information content (AvgIpc) is 3.89. The maximum Gasteiger partial charge on any atom is 0.417 e. The van der Waals surface area contributed by atoms with E-state index in [9.17, 15) is 30.9 Å². The fourth-order valence-electron chi connectivity index (χ4n) is 4.86. The van der Waals surface area contributed by atoms with Gasteiger partial charge in [0.2, 0.25) is 0 Å².